The van der Waals surface area contributed by atoms with Gasteiger partial charge in [-0.15, -0.1) is 0 Å². The van der Waals surface area contributed by atoms with Crippen molar-refractivity contribution in [3.8, 4) is 0 Å². The Morgan fingerprint density at radius 2 is 1.48 bits per heavy atom. The van der Waals surface area contributed by atoms with Crippen LogP contribution in [0, 0.1) is 5.92 Å². The molecular formula is C16H33NO4. The molecule has 0 saturated carbocycles. The summed E-state index contributed by atoms with van der Waals surface area (Å²) in [4.78, 5) is 0. The van der Waals surface area contributed by atoms with Crippen LogP contribution in [0.25, 0.3) is 0 Å². The van der Waals surface area contributed by atoms with Gasteiger partial charge in [0.2, 0.25) is 0 Å². The van der Waals surface area contributed by atoms with Crippen molar-refractivity contribution >= 4 is 0 Å². The molecule has 0 bridgehead atoms. The van der Waals surface area contributed by atoms with Crippen molar-refractivity contribution in [2.24, 2.45) is 5.92 Å². The summed E-state index contributed by atoms with van der Waals surface area (Å²) in [5.41, 5.74) is 0. The molecule has 0 amide bonds. The van der Waals surface area contributed by atoms with Crippen molar-refractivity contribution in [2.75, 3.05) is 65.9 Å². The average Bonchev–Trinajstić information content (AvgIpc) is 2.53. The summed E-state index contributed by atoms with van der Waals surface area (Å²) in [5, 5.41) is 3.39. The second-order valence-electron chi connectivity index (χ2n) is 5.48. The van der Waals surface area contributed by atoms with Gasteiger partial charge in [0.05, 0.1) is 46.2 Å². The van der Waals surface area contributed by atoms with Crippen LogP contribution in [0.15, 0.2) is 0 Å². The van der Waals surface area contributed by atoms with Gasteiger partial charge in [-0.3, -0.25) is 0 Å². The zero-order valence-electron chi connectivity index (χ0n) is 13.6. The van der Waals surface area contributed by atoms with Gasteiger partial charge in [0.15, 0.2) is 0 Å². The Hall–Kier alpha value is -0.200. The molecule has 1 aliphatic rings. The van der Waals surface area contributed by atoms with E-state index in [0.29, 0.717) is 45.6 Å². The van der Waals surface area contributed by atoms with Crippen molar-refractivity contribution in [1.82, 2.24) is 5.32 Å². The summed E-state index contributed by atoms with van der Waals surface area (Å²) in [6.45, 7) is 10.0. The average molecular weight is 303 g/mol. The maximum absolute atomic E-state index is 5.63. The molecule has 1 N–H and O–H groups in total. The first-order chi connectivity index (χ1) is 10.4. The smallest absolute Gasteiger partial charge is 0.0701 e. The van der Waals surface area contributed by atoms with E-state index < -0.39 is 0 Å². The van der Waals surface area contributed by atoms with Crippen LogP contribution in [0.3, 0.4) is 0 Å². The summed E-state index contributed by atoms with van der Waals surface area (Å²) >= 11 is 0. The number of ether oxygens (including phenoxy) is 4. The molecule has 0 aromatic heterocycles. The van der Waals surface area contributed by atoms with Gasteiger partial charge in [-0.2, -0.15) is 0 Å². The lowest BCUT2D eigenvalue weighted by molar-refractivity contribution is -0.00707. The van der Waals surface area contributed by atoms with Gasteiger partial charge >= 0.3 is 0 Å². The molecule has 126 valence electrons. The first-order valence-corrected chi connectivity index (χ1v) is 8.45. The molecule has 1 unspecified atom stereocenters. The molecule has 21 heavy (non-hydrogen) atoms. The Morgan fingerprint density at radius 1 is 0.857 bits per heavy atom. The number of nitrogens with one attached hydrogen (secondary N) is 1. The lowest BCUT2D eigenvalue weighted by atomic mass is 10.0. The van der Waals surface area contributed by atoms with Gasteiger partial charge in [-0.1, -0.05) is 13.3 Å². The highest BCUT2D eigenvalue weighted by molar-refractivity contribution is 4.67. The molecule has 1 heterocycles. The zero-order chi connectivity index (χ0) is 15.0. The summed E-state index contributed by atoms with van der Waals surface area (Å²) < 4.78 is 21.9. The summed E-state index contributed by atoms with van der Waals surface area (Å²) in [5.74, 6) is 0.676. The van der Waals surface area contributed by atoms with Gasteiger partial charge < -0.3 is 24.3 Å². The van der Waals surface area contributed by atoms with Crippen LogP contribution >= 0.6 is 0 Å². The Bertz CT molecular complexity index is 210. The number of hydrogen-bond acceptors (Lipinski definition) is 5. The third-order valence-corrected chi connectivity index (χ3v) is 3.51. The molecule has 0 aromatic carbocycles. The quantitative estimate of drug-likeness (QED) is 0.496. The molecule has 0 radical (unpaired) electrons. The van der Waals surface area contributed by atoms with Crippen LogP contribution in [-0.4, -0.2) is 65.9 Å². The monoisotopic (exact) mass is 303 g/mol. The molecule has 1 aliphatic heterocycles. The van der Waals surface area contributed by atoms with Gasteiger partial charge in [0.25, 0.3) is 0 Å². The first kappa shape index (κ1) is 18.8. The fourth-order valence-corrected chi connectivity index (χ4v) is 2.22. The van der Waals surface area contributed by atoms with Crippen LogP contribution in [0.5, 0.6) is 0 Å². The van der Waals surface area contributed by atoms with E-state index in [1.807, 2.05) is 0 Å². The van der Waals surface area contributed by atoms with Crippen LogP contribution in [-0.2, 0) is 18.9 Å². The van der Waals surface area contributed by atoms with Crippen LogP contribution in [0.1, 0.15) is 32.6 Å². The molecule has 0 aliphatic carbocycles. The summed E-state index contributed by atoms with van der Waals surface area (Å²) in [6, 6.07) is 0. The Morgan fingerprint density at radius 3 is 2.05 bits per heavy atom. The second kappa shape index (κ2) is 14.7. The van der Waals surface area contributed by atoms with Gasteiger partial charge in [-0.05, 0) is 31.7 Å². The molecule has 1 atom stereocenters. The van der Waals surface area contributed by atoms with E-state index in [1.54, 1.807) is 0 Å². The summed E-state index contributed by atoms with van der Waals surface area (Å²) in [6.07, 6.45) is 4.85. The van der Waals surface area contributed by atoms with Crippen molar-refractivity contribution in [3.05, 3.63) is 0 Å². The van der Waals surface area contributed by atoms with E-state index in [9.17, 15) is 0 Å². The summed E-state index contributed by atoms with van der Waals surface area (Å²) in [7, 11) is 0. The minimum Gasteiger partial charge on any atom is -0.379 e. The van der Waals surface area contributed by atoms with E-state index in [0.717, 1.165) is 32.7 Å². The molecule has 1 saturated heterocycles. The maximum atomic E-state index is 5.63. The van der Waals surface area contributed by atoms with Crippen molar-refractivity contribution in [1.29, 1.82) is 0 Å². The van der Waals surface area contributed by atoms with Crippen molar-refractivity contribution < 1.29 is 18.9 Å². The number of hydrogen-bond donors (Lipinski definition) is 1. The Balaban J connectivity index is 1.69. The fourth-order valence-electron chi connectivity index (χ4n) is 2.22. The SMILES string of the molecule is CCCCOCCOCCOCCOCC1CCCNC1. The second-order valence-corrected chi connectivity index (χ2v) is 5.48. The van der Waals surface area contributed by atoms with Gasteiger partial charge in [-0.25, -0.2) is 0 Å². The predicted octanol–water partition coefficient (Wildman–Crippen LogP) is 1.85. The van der Waals surface area contributed by atoms with E-state index in [-0.39, 0.29) is 0 Å². The molecule has 5 nitrogen and oxygen atoms in total. The topological polar surface area (TPSA) is 49.0 Å². The van der Waals surface area contributed by atoms with E-state index in [4.69, 9.17) is 18.9 Å². The van der Waals surface area contributed by atoms with Crippen LogP contribution in [0.4, 0.5) is 0 Å². The minimum absolute atomic E-state index is 0.628. The molecule has 0 aromatic rings. The van der Waals surface area contributed by atoms with Crippen LogP contribution < -0.4 is 5.32 Å². The van der Waals surface area contributed by atoms with Gasteiger partial charge in [0, 0.05) is 13.2 Å². The normalized spacial score (nSPS) is 19.0. The standard InChI is InChI=1S/C16H33NO4/c1-2-3-7-18-8-9-19-10-11-20-12-13-21-15-16-5-4-6-17-14-16/h16-17H,2-15H2,1H3. The highest BCUT2D eigenvalue weighted by Crippen LogP contribution is 2.09. The third kappa shape index (κ3) is 12.1. The predicted molar refractivity (Wildman–Crippen MR) is 83.8 cm³/mol. The molecule has 5 heteroatoms. The zero-order valence-corrected chi connectivity index (χ0v) is 13.6. The lowest BCUT2D eigenvalue weighted by Gasteiger charge is -2.22. The Labute approximate surface area is 129 Å². The van der Waals surface area contributed by atoms with E-state index in [1.165, 1.54) is 19.3 Å². The molecular weight excluding hydrogens is 270 g/mol. The third-order valence-electron chi connectivity index (χ3n) is 3.51. The molecule has 1 rings (SSSR count). The highest BCUT2D eigenvalue weighted by Gasteiger charge is 2.12. The highest BCUT2D eigenvalue weighted by atomic mass is 16.6. The van der Waals surface area contributed by atoms with Gasteiger partial charge in [0.1, 0.15) is 0 Å². The number of rotatable bonds is 14. The molecule has 1 fully saturated rings. The number of piperidine rings is 1. The first-order valence-electron chi connectivity index (χ1n) is 8.45. The maximum Gasteiger partial charge on any atom is 0.0701 e. The fraction of sp³-hybridized carbons (Fsp3) is 1.00. The number of unbranched alkanes of at least 4 members (excludes halogenated alkanes) is 1. The molecule has 0 spiro atoms. The minimum atomic E-state index is 0.628. The van der Waals surface area contributed by atoms with E-state index in [2.05, 4.69) is 12.2 Å². The lowest BCUT2D eigenvalue weighted by Crippen LogP contribution is -2.32. The van der Waals surface area contributed by atoms with Crippen molar-refractivity contribution in [3.63, 3.8) is 0 Å². The van der Waals surface area contributed by atoms with E-state index >= 15 is 0 Å². The van der Waals surface area contributed by atoms with Crippen LogP contribution in [0.2, 0.25) is 0 Å². The van der Waals surface area contributed by atoms with Crippen molar-refractivity contribution in [2.45, 2.75) is 32.6 Å². The Kier molecular flexibility index (Phi) is 13.2. The largest absolute Gasteiger partial charge is 0.379 e.